The maximum atomic E-state index is 9.69. The highest BCUT2D eigenvalue weighted by molar-refractivity contribution is 5.64. The van der Waals surface area contributed by atoms with E-state index in [1.54, 1.807) is 12.1 Å². The Balaban J connectivity index is 2.23. The Kier molecular flexibility index (Phi) is 5.08. The van der Waals surface area contributed by atoms with E-state index in [4.69, 9.17) is 22.3 Å². The molecule has 0 bridgehead atoms. The summed E-state index contributed by atoms with van der Waals surface area (Å²) in [6.07, 6.45) is -0.614. The molecule has 0 aliphatic rings. The molecule has 6 nitrogen and oxygen atoms in total. The lowest BCUT2D eigenvalue weighted by Gasteiger charge is -2.18. The monoisotopic (exact) mass is 302 g/mol. The van der Waals surface area contributed by atoms with Gasteiger partial charge in [-0.2, -0.15) is 0 Å². The average molecular weight is 302 g/mol. The highest BCUT2D eigenvalue weighted by Gasteiger charge is 2.14. The van der Waals surface area contributed by atoms with Crippen LogP contribution in [0.2, 0.25) is 0 Å². The lowest BCUT2D eigenvalue weighted by molar-refractivity contribution is 0.0955. The quantitative estimate of drug-likeness (QED) is 0.440. The molecule has 22 heavy (non-hydrogen) atoms. The van der Waals surface area contributed by atoms with Gasteiger partial charge < -0.3 is 32.7 Å². The minimum atomic E-state index is -0.866. The fraction of sp³-hybridized carbons (Fsp3) is 0.250. The lowest BCUT2D eigenvalue weighted by Crippen LogP contribution is -2.19. The van der Waals surface area contributed by atoms with Crippen LogP contribution >= 0.6 is 0 Å². The lowest BCUT2D eigenvalue weighted by atomic mass is 9.98. The minimum absolute atomic E-state index is 0.251. The van der Waals surface area contributed by atoms with Crippen molar-refractivity contribution in [2.75, 3.05) is 29.1 Å². The van der Waals surface area contributed by atoms with Crippen molar-refractivity contribution in [3.8, 4) is 0 Å². The molecule has 2 aromatic carbocycles. The molecule has 0 saturated carbocycles. The van der Waals surface area contributed by atoms with Gasteiger partial charge in [0.05, 0.1) is 12.7 Å². The molecule has 0 heterocycles. The van der Waals surface area contributed by atoms with Gasteiger partial charge in [-0.25, -0.2) is 0 Å². The average Bonchev–Trinajstić information content (AvgIpc) is 2.50. The highest BCUT2D eigenvalue weighted by atomic mass is 16.3. The largest absolute Gasteiger partial charge is 0.399 e. The molecule has 0 amide bonds. The summed E-state index contributed by atoms with van der Waals surface area (Å²) < 4.78 is 0. The Labute approximate surface area is 129 Å². The van der Waals surface area contributed by atoms with E-state index in [9.17, 15) is 5.11 Å². The summed E-state index contributed by atoms with van der Waals surface area (Å²) in [6.45, 7) is 0.129. The van der Waals surface area contributed by atoms with Gasteiger partial charge in [-0.15, -0.1) is 0 Å². The van der Waals surface area contributed by atoms with Gasteiger partial charge >= 0.3 is 0 Å². The number of nitrogens with two attached hydrogens (primary N) is 3. The first-order valence-corrected chi connectivity index (χ1v) is 7.05. The SMILES string of the molecule is Nc1cccc(NCc2c(N)ccc(N)c2CC(O)CO)c1. The molecule has 2 rings (SSSR count). The second kappa shape index (κ2) is 7.02. The predicted molar refractivity (Wildman–Crippen MR) is 90.2 cm³/mol. The van der Waals surface area contributed by atoms with E-state index in [0.717, 1.165) is 16.8 Å². The summed E-state index contributed by atoms with van der Waals surface area (Å²) >= 11 is 0. The predicted octanol–water partition coefficient (Wildman–Crippen LogP) is 0.941. The van der Waals surface area contributed by atoms with Gasteiger partial charge in [0.25, 0.3) is 0 Å². The van der Waals surface area contributed by atoms with Crippen LogP contribution in [0.5, 0.6) is 0 Å². The van der Waals surface area contributed by atoms with Crippen LogP contribution in [0, 0.1) is 0 Å². The number of nitrogens with one attached hydrogen (secondary N) is 1. The first-order chi connectivity index (χ1) is 10.5. The number of hydrogen-bond donors (Lipinski definition) is 6. The summed E-state index contributed by atoms with van der Waals surface area (Å²) in [4.78, 5) is 0. The molecule has 0 saturated heterocycles. The maximum Gasteiger partial charge on any atom is 0.0812 e. The van der Waals surface area contributed by atoms with Gasteiger partial charge in [-0.05, 0) is 41.5 Å². The molecule has 1 atom stereocenters. The van der Waals surface area contributed by atoms with Crippen molar-refractivity contribution < 1.29 is 10.2 Å². The number of aliphatic hydroxyl groups excluding tert-OH is 2. The van der Waals surface area contributed by atoms with Crippen LogP contribution < -0.4 is 22.5 Å². The number of aliphatic hydroxyl groups is 2. The third-order valence-corrected chi connectivity index (χ3v) is 3.51. The van der Waals surface area contributed by atoms with Gasteiger partial charge in [0.1, 0.15) is 0 Å². The van der Waals surface area contributed by atoms with Crippen LogP contribution in [-0.2, 0) is 13.0 Å². The van der Waals surface area contributed by atoms with Crippen molar-refractivity contribution in [3.05, 3.63) is 47.5 Å². The topological polar surface area (TPSA) is 131 Å². The van der Waals surface area contributed by atoms with Gasteiger partial charge in [0, 0.05) is 35.7 Å². The van der Waals surface area contributed by atoms with Crippen molar-refractivity contribution in [1.29, 1.82) is 0 Å². The fourth-order valence-corrected chi connectivity index (χ4v) is 2.32. The van der Waals surface area contributed by atoms with Gasteiger partial charge in [0.2, 0.25) is 0 Å². The molecule has 2 aromatic rings. The third kappa shape index (κ3) is 3.81. The number of anilines is 4. The Morgan fingerprint density at radius 1 is 1.00 bits per heavy atom. The summed E-state index contributed by atoms with van der Waals surface area (Å²) in [7, 11) is 0. The summed E-state index contributed by atoms with van der Waals surface area (Å²) in [6, 6.07) is 10.8. The zero-order chi connectivity index (χ0) is 16.1. The second-order valence-electron chi connectivity index (χ2n) is 5.22. The van der Waals surface area contributed by atoms with Crippen LogP contribution in [0.1, 0.15) is 11.1 Å². The molecule has 0 fully saturated rings. The number of nitrogen functional groups attached to an aromatic ring is 3. The van der Waals surface area contributed by atoms with E-state index in [-0.39, 0.29) is 13.0 Å². The van der Waals surface area contributed by atoms with Crippen molar-refractivity contribution in [3.63, 3.8) is 0 Å². The molecule has 118 valence electrons. The summed E-state index contributed by atoms with van der Waals surface area (Å²) in [5.74, 6) is 0. The normalized spacial score (nSPS) is 12.1. The maximum absolute atomic E-state index is 9.69. The molecule has 0 radical (unpaired) electrons. The molecule has 6 heteroatoms. The fourth-order valence-electron chi connectivity index (χ4n) is 2.32. The highest BCUT2D eigenvalue weighted by Crippen LogP contribution is 2.26. The standard InChI is InChI=1S/C16H22N4O2/c17-10-2-1-3-11(6-10)20-8-14-13(7-12(22)9-21)15(18)4-5-16(14)19/h1-6,12,20-22H,7-9,17-19H2. The van der Waals surface area contributed by atoms with Crippen molar-refractivity contribution in [2.45, 2.75) is 19.1 Å². The van der Waals surface area contributed by atoms with Crippen LogP contribution in [-0.4, -0.2) is 22.9 Å². The first kappa shape index (κ1) is 15.9. The Morgan fingerprint density at radius 3 is 2.32 bits per heavy atom. The zero-order valence-corrected chi connectivity index (χ0v) is 12.3. The van der Waals surface area contributed by atoms with E-state index in [1.807, 2.05) is 24.3 Å². The van der Waals surface area contributed by atoms with Crippen LogP contribution in [0.4, 0.5) is 22.7 Å². The van der Waals surface area contributed by atoms with E-state index in [0.29, 0.717) is 23.6 Å². The molecular weight excluding hydrogens is 280 g/mol. The third-order valence-electron chi connectivity index (χ3n) is 3.51. The van der Waals surface area contributed by atoms with Gasteiger partial charge in [0.15, 0.2) is 0 Å². The first-order valence-electron chi connectivity index (χ1n) is 7.05. The van der Waals surface area contributed by atoms with Crippen LogP contribution in [0.15, 0.2) is 36.4 Å². The number of rotatable bonds is 6. The van der Waals surface area contributed by atoms with E-state index >= 15 is 0 Å². The van der Waals surface area contributed by atoms with Crippen molar-refractivity contribution in [1.82, 2.24) is 0 Å². The smallest absolute Gasteiger partial charge is 0.0812 e. The summed E-state index contributed by atoms with van der Waals surface area (Å²) in [5.41, 5.74) is 22.0. The second-order valence-corrected chi connectivity index (χ2v) is 5.22. The molecule has 0 aromatic heterocycles. The Bertz CT molecular complexity index is 646. The van der Waals surface area contributed by atoms with Gasteiger partial charge in [-0.1, -0.05) is 6.07 Å². The van der Waals surface area contributed by atoms with Crippen molar-refractivity contribution in [2.24, 2.45) is 0 Å². The molecule has 0 spiro atoms. The minimum Gasteiger partial charge on any atom is -0.399 e. The van der Waals surface area contributed by atoms with Crippen LogP contribution in [0.3, 0.4) is 0 Å². The molecular formula is C16H22N4O2. The Hall–Kier alpha value is -2.44. The van der Waals surface area contributed by atoms with E-state index < -0.39 is 6.10 Å². The number of benzene rings is 2. The molecule has 0 aliphatic heterocycles. The van der Waals surface area contributed by atoms with Crippen molar-refractivity contribution >= 4 is 22.7 Å². The molecule has 0 aliphatic carbocycles. The summed E-state index contributed by atoms with van der Waals surface area (Å²) in [5, 5.41) is 22.0. The zero-order valence-electron chi connectivity index (χ0n) is 12.3. The molecule has 9 N–H and O–H groups in total. The van der Waals surface area contributed by atoms with Gasteiger partial charge in [-0.3, -0.25) is 0 Å². The van der Waals surface area contributed by atoms with E-state index in [1.165, 1.54) is 0 Å². The molecule has 1 unspecified atom stereocenters. The van der Waals surface area contributed by atoms with Crippen LogP contribution in [0.25, 0.3) is 0 Å². The van der Waals surface area contributed by atoms with E-state index in [2.05, 4.69) is 5.32 Å². The Morgan fingerprint density at radius 2 is 1.68 bits per heavy atom. The number of hydrogen-bond acceptors (Lipinski definition) is 6.